The standard InChI is InChI=1S/C24H26N4O4S/c1-14-9-16(3)24-19(10-14)15(2)11-22(25-24)28-23(12-17(4)26-28)27-33(29,30)18-7-8-20(31-5)21(13-18)32-6/h7-13,27H,1-6H3. The first kappa shape index (κ1) is 22.6. The zero-order valence-corrected chi connectivity index (χ0v) is 20.2. The fourth-order valence-corrected chi connectivity index (χ4v) is 4.91. The molecule has 0 fully saturated rings. The Labute approximate surface area is 193 Å². The van der Waals surface area contributed by atoms with Gasteiger partial charge in [0.25, 0.3) is 10.0 Å². The summed E-state index contributed by atoms with van der Waals surface area (Å²) < 4.78 is 40.9. The molecule has 172 valence electrons. The summed E-state index contributed by atoms with van der Waals surface area (Å²) in [4.78, 5) is 4.84. The van der Waals surface area contributed by atoms with Crippen LogP contribution in [0, 0.1) is 27.7 Å². The summed E-state index contributed by atoms with van der Waals surface area (Å²) in [5.41, 5.74) is 4.75. The first-order valence-electron chi connectivity index (χ1n) is 10.3. The molecule has 8 nitrogen and oxygen atoms in total. The topological polar surface area (TPSA) is 95.3 Å². The van der Waals surface area contributed by atoms with Crippen molar-refractivity contribution in [3.05, 3.63) is 64.8 Å². The van der Waals surface area contributed by atoms with E-state index in [4.69, 9.17) is 14.5 Å². The fourth-order valence-electron chi connectivity index (χ4n) is 3.86. The number of sulfonamides is 1. The first-order chi connectivity index (χ1) is 15.6. The van der Waals surface area contributed by atoms with Gasteiger partial charge in [0.2, 0.25) is 0 Å². The number of hydrogen-bond donors (Lipinski definition) is 1. The summed E-state index contributed by atoms with van der Waals surface area (Å²) in [6.07, 6.45) is 0. The molecule has 33 heavy (non-hydrogen) atoms. The molecule has 1 N–H and O–H groups in total. The van der Waals surface area contributed by atoms with Crippen LogP contribution >= 0.6 is 0 Å². The Morgan fingerprint density at radius 1 is 0.879 bits per heavy atom. The van der Waals surface area contributed by atoms with E-state index >= 15 is 0 Å². The molecule has 2 aromatic carbocycles. The first-order valence-corrected chi connectivity index (χ1v) is 11.8. The van der Waals surface area contributed by atoms with E-state index < -0.39 is 10.0 Å². The van der Waals surface area contributed by atoms with Crippen molar-refractivity contribution in [1.82, 2.24) is 14.8 Å². The third-order valence-electron chi connectivity index (χ3n) is 5.39. The van der Waals surface area contributed by atoms with Crippen LogP contribution in [0.2, 0.25) is 0 Å². The highest BCUT2D eigenvalue weighted by Crippen LogP contribution is 2.31. The lowest BCUT2D eigenvalue weighted by molar-refractivity contribution is 0.354. The summed E-state index contributed by atoms with van der Waals surface area (Å²) in [5, 5.41) is 5.56. The van der Waals surface area contributed by atoms with Gasteiger partial charge in [-0.05, 0) is 63.1 Å². The molecule has 4 rings (SSSR count). The van der Waals surface area contributed by atoms with Gasteiger partial charge in [0.05, 0.1) is 30.3 Å². The molecule has 0 spiro atoms. The number of anilines is 1. The van der Waals surface area contributed by atoms with E-state index in [0.29, 0.717) is 28.8 Å². The van der Waals surface area contributed by atoms with Crippen LogP contribution in [0.1, 0.15) is 22.4 Å². The highest BCUT2D eigenvalue weighted by molar-refractivity contribution is 7.92. The average Bonchev–Trinajstić information content (AvgIpc) is 3.13. The lowest BCUT2D eigenvalue weighted by Crippen LogP contribution is -2.16. The molecule has 4 aromatic rings. The number of benzene rings is 2. The minimum absolute atomic E-state index is 0.0412. The summed E-state index contributed by atoms with van der Waals surface area (Å²) in [6.45, 7) is 7.88. The van der Waals surface area contributed by atoms with Crippen LogP contribution in [0.4, 0.5) is 5.82 Å². The molecule has 0 unspecified atom stereocenters. The number of aryl methyl sites for hydroxylation is 4. The molecular weight excluding hydrogens is 440 g/mol. The maximum absolute atomic E-state index is 13.2. The molecule has 0 aliphatic carbocycles. The van der Waals surface area contributed by atoms with E-state index in [1.807, 2.05) is 19.9 Å². The summed E-state index contributed by atoms with van der Waals surface area (Å²) in [6, 6.07) is 12.2. The monoisotopic (exact) mass is 466 g/mol. The quantitative estimate of drug-likeness (QED) is 0.450. The van der Waals surface area contributed by atoms with Gasteiger partial charge in [-0.1, -0.05) is 11.6 Å². The molecule has 2 aromatic heterocycles. The number of ether oxygens (including phenoxy) is 2. The second-order valence-corrected chi connectivity index (χ2v) is 9.66. The number of aromatic nitrogens is 3. The van der Waals surface area contributed by atoms with Gasteiger partial charge in [-0.2, -0.15) is 9.78 Å². The maximum atomic E-state index is 13.2. The van der Waals surface area contributed by atoms with Crippen LogP contribution in [0.5, 0.6) is 11.5 Å². The molecule has 0 atom stereocenters. The minimum Gasteiger partial charge on any atom is -0.493 e. The minimum atomic E-state index is -3.93. The van der Waals surface area contributed by atoms with Gasteiger partial charge in [0, 0.05) is 17.5 Å². The van der Waals surface area contributed by atoms with E-state index in [9.17, 15) is 8.42 Å². The molecule has 9 heteroatoms. The molecular formula is C24H26N4O4S. The van der Waals surface area contributed by atoms with Gasteiger partial charge in [-0.25, -0.2) is 13.4 Å². The van der Waals surface area contributed by atoms with Gasteiger partial charge in [0.15, 0.2) is 17.3 Å². The van der Waals surface area contributed by atoms with Crippen molar-refractivity contribution in [2.75, 3.05) is 18.9 Å². The van der Waals surface area contributed by atoms with Crippen molar-refractivity contribution < 1.29 is 17.9 Å². The van der Waals surface area contributed by atoms with Gasteiger partial charge in [0.1, 0.15) is 5.82 Å². The smallest absolute Gasteiger partial charge is 0.263 e. The van der Waals surface area contributed by atoms with Crippen LogP contribution in [0.3, 0.4) is 0 Å². The SMILES string of the molecule is COc1ccc(S(=O)(=O)Nc2cc(C)nn2-c2cc(C)c3cc(C)cc(C)c3n2)cc1OC. The lowest BCUT2D eigenvalue weighted by Gasteiger charge is -2.14. The Bertz CT molecular complexity index is 1480. The second kappa shape index (κ2) is 8.40. The Balaban J connectivity index is 1.79. The Morgan fingerprint density at radius 2 is 1.61 bits per heavy atom. The summed E-state index contributed by atoms with van der Waals surface area (Å²) in [5.74, 6) is 1.59. The molecule has 0 radical (unpaired) electrons. The number of hydrogen-bond acceptors (Lipinski definition) is 6. The van der Waals surface area contributed by atoms with E-state index in [-0.39, 0.29) is 4.90 Å². The van der Waals surface area contributed by atoms with Gasteiger partial charge in [-0.15, -0.1) is 0 Å². The van der Waals surface area contributed by atoms with E-state index in [0.717, 1.165) is 27.6 Å². The molecule has 0 aliphatic rings. The third-order valence-corrected chi connectivity index (χ3v) is 6.75. The van der Waals surface area contributed by atoms with Crippen LogP contribution in [0.25, 0.3) is 16.7 Å². The van der Waals surface area contributed by atoms with Crippen LogP contribution in [-0.2, 0) is 10.0 Å². The molecule has 0 saturated heterocycles. The second-order valence-electron chi connectivity index (χ2n) is 7.98. The zero-order chi connectivity index (χ0) is 23.9. The fraction of sp³-hybridized carbons (Fsp3) is 0.250. The van der Waals surface area contributed by atoms with Crippen molar-refractivity contribution in [2.45, 2.75) is 32.6 Å². The average molecular weight is 467 g/mol. The number of fused-ring (bicyclic) bond motifs is 1. The van der Waals surface area contributed by atoms with E-state index in [1.54, 1.807) is 19.1 Å². The molecule has 0 saturated carbocycles. The van der Waals surface area contributed by atoms with Crippen LogP contribution in [0.15, 0.2) is 47.4 Å². The van der Waals surface area contributed by atoms with Crippen molar-refractivity contribution >= 4 is 26.7 Å². The van der Waals surface area contributed by atoms with Crippen LogP contribution in [-0.4, -0.2) is 37.4 Å². The maximum Gasteiger partial charge on any atom is 0.263 e. The van der Waals surface area contributed by atoms with E-state index in [2.05, 4.69) is 28.9 Å². The number of nitrogens with one attached hydrogen (secondary N) is 1. The number of methoxy groups -OCH3 is 2. The molecule has 2 heterocycles. The predicted octanol–water partition coefficient (Wildman–Crippen LogP) is 4.47. The Morgan fingerprint density at radius 3 is 2.30 bits per heavy atom. The van der Waals surface area contributed by atoms with Gasteiger partial charge in [-0.3, -0.25) is 4.72 Å². The molecule has 0 amide bonds. The highest BCUT2D eigenvalue weighted by atomic mass is 32.2. The third kappa shape index (κ3) is 4.23. The van der Waals surface area contributed by atoms with Crippen molar-refractivity contribution in [1.29, 1.82) is 0 Å². The Kier molecular flexibility index (Phi) is 5.75. The Hall–Kier alpha value is -3.59. The highest BCUT2D eigenvalue weighted by Gasteiger charge is 2.21. The summed E-state index contributed by atoms with van der Waals surface area (Å²) >= 11 is 0. The zero-order valence-electron chi connectivity index (χ0n) is 19.4. The van der Waals surface area contributed by atoms with Gasteiger partial charge < -0.3 is 9.47 Å². The van der Waals surface area contributed by atoms with Crippen molar-refractivity contribution in [2.24, 2.45) is 0 Å². The predicted molar refractivity (Wildman–Crippen MR) is 128 cm³/mol. The van der Waals surface area contributed by atoms with Gasteiger partial charge >= 0.3 is 0 Å². The number of nitrogens with zero attached hydrogens (tertiary/aromatic N) is 3. The largest absolute Gasteiger partial charge is 0.493 e. The normalized spacial score (nSPS) is 11.6. The molecule has 0 bridgehead atoms. The lowest BCUT2D eigenvalue weighted by atomic mass is 10.0. The van der Waals surface area contributed by atoms with Crippen molar-refractivity contribution in [3.8, 4) is 17.3 Å². The number of rotatable bonds is 6. The van der Waals surface area contributed by atoms with Crippen molar-refractivity contribution in [3.63, 3.8) is 0 Å². The summed E-state index contributed by atoms with van der Waals surface area (Å²) in [7, 11) is -0.980. The van der Waals surface area contributed by atoms with E-state index in [1.165, 1.54) is 31.0 Å². The number of pyridine rings is 1. The molecule has 0 aliphatic heterocycles. The van der Waals surface area contributed by atoms with Crippen LogP contribution < -0.4 is 14.2 Å².